The number of benzene rings is 8. The molecule has 0 aliphatic carbocycles. The summed E-state index contributed by atoms with van der Waals surface area (Å²) in [7, 11) is -9.81. The molecule has 0 radical (unpaired) electrons. The number of aliphatic hydroxyl groups excluding tert-OH is 4. The van der Waals surface area contributed by atoms with Crippen molar-refractivity contribution in [2.24, 2.45) is 10.3 Å². The molecular weight excluding hydrogens is 1360 g/mol. The number of nitrogens with zero attached hydrogens (tertiary/aromatic N) is 2. The molecule has 520 valence electrons. The van der Waals surface area contributed by atoms with Gasteiger partial charge in [0.05, 0.1) is 75.9 Å². The Kier molecular flexibility index (Phi) is 29.3. The third kappa shape index (κ3) is 25.5. The number of hydrogen-bond acceptors (Lipinski definition) is 16. The average Bonchev–Trinajstić information content (AvgIpc) is 0.842. The summed E-state index contributed by atoms with van der Waals surface area (Å²) in [6.45, 7) is 0.0991. The first kappa shape index (κ1) is 78.6. The van der Waals surface area contributed by atoms with Crippen LogP contribution in [0.25, 0.3) is 0 Å². The summed E-state index contributed by atoms with van der Waals surface area (Å²) in [4.78, 5) is 0. The zero-order valence-corrected chi connectivity index (χ0v) is 54.8. The first-order valence-corrected chi connectivity index (χ1v) is 34.7. The van der Waals surface area contributed by atoms with Crippen molar-refractivity contribution >= 4 is 40.1 Å². The normalized spacial score (nSPS) is 13.0. The predicted molar refractivity (Wildman–Crippen MR) is 339 cm³/mol. The molecule has 0 heterocycles. The lowest BCUT2D eigenvalue weighted by Gasteiger charge is -2.24. The number of nitrogens with two attached hydrogens (primary N) is 2. The molecule has 96 heavy (non-hydrogen) atoms. The molecule has 4 atom stereocenters. The molecule has 0 amide bonds. The molecule has 32 heteroatoms. The minimum absolute atomic E-state index is 0.0248. The Hall–Kier alpha value is -8.12. The summed E-state index contributed by atoms with van der Waals surface area (Å²) in [5.41, 5.74) is 1.65. The van der Waals surface area contributed by atoms with Crippen molar-refractivity contribution in [2.45, 2.75) is 50.6 Å². The Bertz CT molecular complexity index is 3940. The van der Waals surface area contributed by atoms with Gasteiger partial charge in [-0.15, -0.1) is 0 Å². The molecule has 8 aromatic carbocycles. The number of ether oxygens (including phenoxy) is 4. The SMILES string of the molecule is COc1ccc(CN(Cc2ccc(OC)cc2)S(=O)(=O)C[C@H](O)c2ccc(F)cc2F)cc1.COc1ccc(CN(Cc2ccc(OC)cc2)S(=O)(=O)C[C@H](O)c2ccc(F)cc2F)cc1.NS(=O)(=O)C[C@@H](O)c1ccc(F)cc1F.NS(=O)(=O)C[C@H](O)c1ccc(F)cc1F. The predicted octanol–water partition coefficient (Wildman–Crippen LogP) is 8.67. The van der Waals surface area contributed by atoms with Crippen molar-refractivity contribution in [1.29, 1.82) is 0 Å². The van der Waals surface area contributed by atoms with E-state index in [1.54, 1.807) is 97.1 Å². The van der Waals surface area contributed by atoms with E-state index in [0.29, 0.717) is 69.5 Å². The van der Waals surface area contributed by atoms with E-state index in [2.05, 4.69) is 10.3 Å². The van der Waals surface area contributed by atoms with Crippen molar-refractivity contribution < 1.29 is 108 Å². The molecule has 8 aromatic rings. The van der Waals surface area contributed by atoms with Crippen molar-refractivity contribution in [3.8, 4) is 23.0 Å². The summed E-state index contributed by atoms with van der Waals surface area (Å²) in [5, 5.41) is 48.8. The van der Waals surface area contributed by atoms with Crippen molar-refractivity contribution in [3.63, 3.8) is 0 Å². The van der Waals surface area contributed by atoms with Crippen LogP contribution in [0.4, 0.5) is 35.1 Å². The highest BCUT2D eigenvalue weighted by molar-refractivity contribution is 7.89. The lowest BCUT2D eigenvalue weighted by atomic mass is 10.1. The highest BCUT2D eigenvalue weighted by Crippen LogP contribution is 2.28. The molecule has 0 saturated carbocycles. The van der Waals surface area contributed by atoms with Gasteiger partial charge in [0.2, 0.25) is 40.1 Å². The third-order valence-corrected chi connectivity index (χ3v) is 18.8. The zero-order valence-electron chi connectivity index (χ0n) is 51.5. The van der Waals surface area contributed by atoms with Gasteiger partial charge in [0.15, 0.2) is 0 Å². The molecular formula is C64H68F8N4O16S4. The van der Waals surface area contributed by atoms with Crippen LogP contribution in [0, 0.1) is 46.5 Å². The van der Waals surface area contributed by atoms with E-state index >= 15 is 0 Å². The van der Waals surface area contributed by atoms with Gasteiger partial charge in [-0.25, -0.2) is 79.1 Å². The fourth-order valence-corrected chi connectivity index (χ4v) is 12.9. The third-order valence-electron chi connectivity index (χ3n) is 13.7. The van der Waals surface area contributed by atoms with Crippen LogP contribution in [0.15, 0.2) is 170 Å². The first-order valence-electron chi connectivity index (χ1n) is 28.0. The van der Waals surface area contributed by atoms with E-state index < -0.39 is 134 Å². The monoisotopic (exact) mass is 1430 g/mol. The van der Waals surface area contributed by atoms with Crippen LogP contribution >= 0.6 is 0 Å². The summed E-state index contributed by atoms with van der Waals surface area (Å²) >= 11 is 0. The molecule has 0 aliphatic rings. The Labute approximate surface area is 550 Å². The molecule has 0 bridgehead atoms. The molecule has 20 nitrogen and oxygen atoms in total. The van der Waals surface area contributed by atoms with E-state index in [4.69, 9.17) is 18.9 Å². The quantitative estimate of drug-likeness (QED) is 0.0276. The Balaban J connectivity index is 0.000000247. The molecule has 0 fully saturated rings. The van der Waals surface area contributed by atoms with E-state index in [9.17, 15) is 89.2 Å². The largest absolute Gasteiger partial charge is 0.497 e. The minimum Gasteiger partial charge on any atom is -0.497 e. The van der Waals surface area contributed by atoms with Crippen LogP contribution in [0.3, 0.4) is 0 Å². The van der Waals surface area contributed by atoms with Gasteiger partial charge in [-0.05, 0) is 95.1 Å². The standard InChI is InChI=1S/2C24H25F2NO5S.2C8H9F2NO3S/c2*1-31-20-8-3-17(4-9-20)14-27(15-18-5-10-21(32-2)11-6-18)33(29,30)16-24(28)22-12-7-19(25)13-23(22)26;2*9-5-1-2-6(7(10)3-5)8(12)4-15(11,13)14/h2*3-13,24,28H,14-16H2,1-2H3;2*1-3,8,12H,4H2,(H2,11,13,14)/t2*24-;2*8-/m0010/s1. The highest BCUT2D eigenvalue weighted by atomic mass is 32.2. The molecule has 0 spiro atoms. The zero-order chi connectivity index (χ0) is 71.3. The Morgan fingerprint density at radius 2 is 0.510 bits per heavy atom. The number of methoxy groups -OCH3 is 4. The molecule has 0 aliphatic heterocycles. The average molecular weight is 1430 g/mol. The van der Waals surface area contributed by atoms with Gasteiger partial charge in [-0.2, -0.15) is 8.61 Å². The maximum Gasteiger partial charge on any atom is 0.217 e. The van der Waals surface area contributed by atoms with Gasteiger partial charge in [0, 0.05) is 72.7 Å². The van der Waals surface area contributed by atoms with Crippen LogP contribution in [-0.4, -0.2) is 114 Å². The Morgan fingerprint density at radius 3 is 0.677 bits per heavy atom. The first-order chi connectivity index (χ1) is 45.0. The summed E-state index contributed by atoms with van der Waals surface area (Å²) < 4.78 is 224. The van der Waals surface area contributed by atoms with Crippen LogP contribution in [-0.2, 0) is 66.3 Å². The molecule has 0 aromatic heterocycles. The van der Waals surface area contributed by atoms with E-state index in [1.165, 1.54) is 37.0 Å². The number of hydrogen-bond donors (Lipinski definition) is 6. The molecule has 8 rings (SSSR count). The smallest absolute Gasteiger partial charge is 0.217 e. The van der Waals surface area contributed by atoms with Crippen LogP contribution in [0.2, 0.25) is 0 Å². The van der Waals surface area contributed by atoms with Crippen LogP contribution in [0.1, 0.15) is 68.9 Å². The fraction of sp³-hybridized carbons (Fsp3) is 0.250. The number of aliphatic hydroxyl groups is 4. The van der Waals surface area contributed by atoms with Crippen molar-refractivity contribution in [2.75, 3.05) is 51.5 Å². The molecule has 8 N–H and O–H groups in total. The number of halogens is 8. The number of rotatable bonds is 26. The maximum atomic E-state index is 14.1. The van der Waals surface area contributed by atoms with Crippen molar-refractivity contribution in [3.05, 3.63) is 261 Å². The fourth-order valence-electron chi connectivity index (χ4n) is 8.74. The molecule has 0 saturated heterocycles. The van der Waals surface area contributed by atoms with Crippen molar-refractivity contribution in [1.82, 2.24) is 8.61 Å². The summed E-state index contributed by atoms with van der Waals surface area (Å²) in [6.07, 6.45) is -6.52. The lowest BCUT2D eigenvalue weighted by Crippen LogP contribution is -2.34. The lowest BCUT2D eigenvalue weighted by molar-refractivity contribution is 0.193. The highest BCUT2D eigenvalue weighted by Gasteiger charge is 2.31. The van der Waals surface area contributed by atoms with Gasteiger partial charge in [0.1, 0.15) is 69.5 Å². The Morgan fingerprint density at radius 1 is 0.323 bits per heavy atom. The number of sulfonamides is 4. The second kappa shape index (κ2) is 35.7. The summed E-state index contributed by atoms with van der Waals surface area (Å²) in [5.74, 6) is -7.89. The number of primary sulfonamides is 2. The van der Waals surface area contributed by atoms with Gasteiger partial charge >= 0.3 is 0 Å². The second-order valence-electron chi connectivity index (χ2n) is 20.9. The van der Waals surface area contributed by atoms with E-state index in [0.717, 1.165) is 48.5 Å². The molecule has 0 unspecified atom stereocenters. The summed E-state index contributed by atoms with van der Waals surface area (Å²) in [6, 6.07) is 37.8. The second-order valence-corrected chi connectivity index (χ2v) is 28.2. The van der Waals surface area contributed by atoms with E-state index in [1.807, 2.05) is 0 Å². The van der Waals surface area contributed by atoms with Gasteiger partial charge in [0.25, 0.3) is 0 Å². The topological polar surface area (TPSA) is 313 Å². The minimum atomic E-state index is -4.06. The van der Waals surface area contributed by atoms with Gasteiger partial charge < -0.3 is 39.4 Å². The van der Waals surface area contributed by atoms with E-state index in [-0.39, 0.29) is 48.4 Å². The van der Waals surface area contributed by atoms with Gasteiger partial charge in [-0.1, -0.05) is 72.8 Å². The van der Waals surface area contributed by atoms with Crippen LogP contribution < -0.4 is 29.2 Å². The van der Waals surface area contributed by atoms with Gasteiger partial charge in [-0.3, -0.25) is 0 Å². The maximum absolute atomic E-state index is 14.1. The van der Waals surface area contributed by atoms with Crippen LogP contribution in [0.5, 0.6) is 23.0 Å².